The fourth-order valence-corrected chi connectivity index (χ4v) is 3.41. The van der Waals surface area contributed by atoms with Crippen molar-refractivity contribution in [2.45, 2.75) is 26.7 Å². The molecule has 7 nitrogen and oxygen atoms in total. The van der Waals surface area contributed by atoms with Crippen LogP contribution in [0.15, 0.2) is 34.5 Å². The third-order valence-electron chi connectivity index (χ3n) is 4.53. The first kappa shape index (κ1) is 18.0. The largest absolute Gasteiger partial charge is 0.468 e. The molecule has 138 valence electrons. The summed E-state index contributed by atoms with van der Waals surface area (Å²) in [6.07, 6.45) is 0. The number of rotatable bonds is 4. The van der Waals surface area contributed by atoms with Crippen LogP contribution in [-0.4, -0.2) is 38.2 Å². The maximum atomic E-state index is 12.6. The fraction of sp³-hybridized carbons (Fsp3) is 0.421. The lowest BCUT2D eigenvalue weighted by Crippen LogP contribution is -2.36. The molecule has 2 heterocycles. The molecule has 3 rings (SSSR count). The predicted octanol–water partition coefficient (Wildman–Crippen LogP) is 2.60. The Hall–Kier alpha value is -2.83. The normalized spacial score (nSPS) is 21.3. The summed E-state index contributed by atoms with van der Waals surface area (Å²) in [7, 11) is 1.32. The number of benzene rings is 1. The van der Waals surface area contributed by atoms with E-state index in [0.29, 0.717) is 28.5 Å². The Morgan fingerprint density at radius 1 is 1.23 bits per heavy atom. The van der Waals surface area contributed by atoms with Crippen LogP contribution in [-0.2, 0) is 19.1 Å². The van der Waals surface area contributed by atoms with Crippen molar-refractivity contribution in [2.75, 3.05) is 20.5 Å². The molecule has 0 N–H and O–H groups in total. The van der Waals surface area contributed by atoms with Crippen molar-refractivity contribution in [3.05, 3.63) is 35.0 Å². The number of carbonyl (C=O) groups is 2. The van der Waals surface area contributed by atoms with Crippen molar-refractivity contribution in [3.63, 3.8) is 0 Å². The smallest absolute Gasteiger partial charge is 0.336 e. The molecule has 0 aromatic heterocycles. The monoisotopic (exact) mass is 359 g/mol. The number of carbonyl (C=O) groups excluding carboxylic acids is 2. The molecule has 7 heteroatoms. The van der Waals surface area contributed by atoms with Crippen molar-refractivity contribution in [1.29, 1.82) is 0 Å². The van der Waals surface area contributed by atoms with Gasteiger partial charge in [-0.25, -0.2) is 4.79 Å². The SMILES string of the molecule is CCOC(=O)C1=C(C)N=C(C)C(C(=O)OC)[C@H]1c1ccc2c(c1)OCO2. The number of esters is 2. The van der Waals surface area contributed by atoms with Gasteiger partial charge in [0.05, 0.1) is 19.3 Å². The molecular weight excluding hydrogens is 338 g/mol. The van der Waals surface area contributed by atoms with Crippen LogP contribution in [0.5, 0.6) is 11.5 Å². The standard InChI is InChI=1S/C19H21NO6/c1-5-24-19(22)16-11(3)20-10(2)15(18(21)23-4)17(16)12-6-7-13-14(8-12)26-9-25-13/h6-8,15,17H,5,9H2,1-4H3/t15?,17-/m1/s1. The highest BCUT2D eigenvalue weighted by atomic mass is 16.7. The van der Waals surface area contributed by atoms with Gasteiger partial charge in [0.15, 0.2) is 11.5 Å². The molecule has 0 amide bonds. The summed E-state index contributed by atoms with van der Waals surface area (Å²) >= 11 is 0. The minimum atomic E-state index is -0.719. The molecule has 1 aromatic carbocycles. The Labute approximate surface area is 151 Å². The molecule has 1 aromatic rings. The minimum absolute atomic E-state index is 0.143. The maximum absolute atomic E-state index is 12.6. The lowest BCUT2D eigenvalue weighted by molar-refractivity contribution is -0.144. The van der Waals surface area contributed by atoms with Gasteiger partial charge in [0, 0.05) is 17.3 Å². The van der Waals surface area contributed by atoms with Gasteiger partial charge < -0.3 is 18.9 Å². The molecular formula is C19H21NO6. The van der Waals surface area contributed by atoms with Gasteiger partial charge in [-0.2, -0.15) is 0 Å². The van der Waals surface area contributed by atoms with Crippen LogP contribution < -0.4 is 9.47 Å². The number of hydrogen-bond acceptors (Lipinski definition) is 7. The van der Waals surface area contributed by atoms with Crippen LogP contribution in [0.2, 0.25) is 0 Å². The molecule has 0 bridgehead atoms. The maximum Gasteiger partial charge on any atom is 0.336 e. The first-order valence-electron chi connectivity index (χ1n) is 8.38. The summed E-state index contributed by atoms with van der Waals surface area (Å²) in [6.45, 7) is 5.60. The summed E-state index contributed by atoms with van der Waals surface area (Å²) < 4.78 is 21.0. The van der Waals surface area contributed by atoms with Crippen LogP contribution in [0.4, 0.5) is 0 Å². The molecule has 0 radical (unpaired) electrons. The number of allylic oxidation sites excluding steroid dienone is 1. The summed E-state index contributed by atoms with van der Waals surface area (Å²) in [6, 6.07) is 5.37. The average molecular weight is 359 g/mol. The number of hydrogen-bond donors (Lipinski definition) is 0. The van der Waals surface area contributed by atoms with Crippen molar-refractivity contribution >= 4 is 17.7 Å². The van der Waals surface area contributed by atoms with Crippen LogP contribution in [0.3, 0.4) is 0 Å². The van der Waals surface area contributed by atoms with E-state index in [0.717, 1.165) is 5.56 Å². The molecule has 2 aliphatic heterocycles. The van der Waals surface area contributed by atoms with E-state index in [1.54, 1.807) is 32.9 Å². The van der Waals surface area contributed by atoms with E-state index in [1.807, 2.05) is 6.07 Å². The van der Waals surface area contributed by atoms with Crippen molar-refractivity contribution in [2.24, 2.45) is 10.9 Å². The van der Waals surface area contributed by atoms with E-state index in [-0.39, 0.29) is 13.4 Å². The minimum Gasteiger partial charge on any atom is -0.468 e. The first-order valence-corrected chi connectivity index (χ1v) is 8.38. The van der Waals surface area contributed by atoms with E-state index in [4.69, 9.17) is 18.9 Å². The number of ether oxygens (including phenoxy) is 4. The molecule has 0 aliphatic carbocycles. The van der Waals surface area contributed by atoms with Gasteiger partial charge in [-0.3, -0.25) is 9.79 Å². The second kappa shape index (κ2) is 7.19. The third-order valence-corrected chi connectivity index (χ3v) is 4.53. The Morgan fingerprint density at radius 3 is 2.65 bits per heavy atom. The zero-order chi connectivity index (χ0) is 18.8. The van der Waals surface area contributed by atoms with Crippen LogP contribution in [0.1, 0.15) is 32.3 Å². The summed E-state index contributed by atoms with van der Waals surface area (Å²) in [5.74, 6) is -1.03. The van der Waals surface area contributed by atoms with Crippen LogP contribution in [0.25, 0.3) is 0 Å². The van der Waals surface area contributed by atoms with Crippen LogP contribution in [0, 0.1) is 5.92 Å². The third kappa shape index (κ3) is 3.05. The first-order chi connectivity index (χ1) is 12.5. The van der Waals surface area contributed by atoms with Gasteiger partial charge >= 0.3 is 11.9 Å². The molecule has 0 spiro atoms. The van der Waals surface area contributed by atoms with Gasteiger partial charge in [0.1, 0.15) is 5.92 Å². The second-order valence-corrected chi connectivity index (χ2v) is 6.06. The Bertz CT molecular complexity index is 810. The molecule has 0 fully saturated rings. The van der Waals surface area contributed by atoms with Crippen LogP contribution >= 0.6 is 0 Å². The van der Waals surface area contributed by atoms with E-state index >= 15 is 0 Å². The van der Waals surface area contributed by atoms with E-state index in [1.165, 1.54) is 7.11 Å². The van der Waals surface area contributed by atoms with Gasteiger partial charge in [-0.05, 0) is 38.5 Å². The van der Waals surface area contributed by atoms with Crippen molar-refractivity contribution < 1.29 is 28.5 Å². The zero-order valence-corrected chi connectivity index (χ0v) is 15.2. The summed E-state index contributed by atoms with van der Waals surface area (Å²) in [5, 5.41) is 0. The molecule has 1 unspecified atom stereocenters. The lowest BCUT2D eigenvalue weighted by Gasteiger charge is -2.31. The highest BCUT2D eigenvalue weighted by Crippen LogP contribution is 2.43. The Kier molecular flexibility index (Phi) is 4.97. The fourth-order valence-electron chi connectivity index (χ4n) is 3.41. The average Bonchev–Trinajstić information content (AvgIpc) is 3.08. The van der Waals surface area contributed by atoms with Crippen molar-refractivity contribution in [1.82, 2.24) is 0 Å². The number of nitrogens with zero attached hydrogens (tertiary/aromatic N) is 1. The van der Waals surface area contributed by atoms with Gasteiger partial charge in [-0.1, -0.05) is 6.07 Å². The summed E-state index contributed by atoms with van der Waals surface area (Å²) in [5.41, 5.74) is 2.21. The number of aliphatic imine (C=N–C) groups is 1. The Balaban J connectivity index is 2.14. The highest BCUT2D eigenvalue weighted by molar-refractivity contribution is 6.07. The molecule has 0 saturated heterocycles. The predicted molar refractivity (Wildman–Crippen MR) is 93.3 cm³/mol. The van der Waals surface area contributed by atoms with Gasteiger partial charge in [0.2, 0.25) is 6.79 Å². The molecule has 2 atom stereocenters. The zero-order valence-electron chi connectivity index (χ0n) is 15.2. The van der Waals surface area contributed by atoms with E-state index in [2.05, 4.69) is 4.99 Å². The highest BCUT2D eigenvalue weighted by Gasteiger charge is 2.42. The number of methoxy groups -OCH3 is 1. The molecule has 2 aliphatic rings. The Morgan fingerprint density at radius 2 is 1.96 bits per heavy atom. The molecule has 26 heavy (non-hydrogen) atoms. The van der Waals surface area contributed by atoms with Gasteiger partial charge in [-0.15, -0.1) is 0 Å². The van der Waals surface area contributed by atoms with E-state index in [9.17, 15) is 9.59 Å². The number of fused-ring (bicyclic) bond motifs is 1. The quantitative estimate of drug-likeness (QED) is 0.769. The second-order valence-electron chi connectivity index (χ2n) is 6.06. The van der Waals surface area contributed by atoms with E-state index < -0.39 is 23.8 Å². The molecule has 0 saturated carbocycles. The lowest BCUT2D eigenvalue weighted by atomic mass is 9.75. The van der Waals surface area contributed by atoms with Gasteiger partial charge in [0.25, 0.3) is 0 Å². The summed E-state index contributed by atoms with van der Waals surface area (Å²) in [4.78, 5) is 29.5. The topological polar surface area (TPSA) is 83.4 Å². The van der Waals surface area contributed by atoms with Crippen molar-refractivity contribution in [3.8, 4) is 11.5 Å².